The van der Waals surface area contributed by atoms with E-state index >= 15 is 0 Å². The van der Waals surface area contributed by atoms with E-state index in [9.17, 15) is 0 Å². The molecule has 0 bridgehead atoms. The van der Waals surface area contributed by atoms with Gasteiger partial charge in [0.1, 0.15) is 0 Å². The summed E-state index contributed by atoms with van der Waals surface area (Å²) in [5.74, 6) is 0. The van der Waals surface area contributed by atoms with Crippen LogP contribution in [0.15, 0.2) is 0 Å². The Morgan fingerprint density at radius 2 is 2.08 bits per heavy atom. The van der Waals surface area contributed by atoms with Gasteiger partial charge in [-0.25, -0.2) is 0 Å². The summed E-state index contributed by atoms with van der Waals surface area (Å²) in [5, 5.41) is 11.1. The molecule has 0 amide bonds. The third-order valence-electron chi connectivity index (χ3n) is 2.29. The van der Waals surface area contributed by atoms with Crippen molar-refractivity contribution in [2.45, 2.75) is 32.2 Å². The molecule has 1 N–H and O–H groups in total. The van der Waals surface area contributed by atoms with Gasteiger partial charge in [0.25, 0.3) is 0 Å². The second kappa shape index (κ2) is 5.00. The van der Waals surface area contributed by atoms with Crippen molar-refractivity contribution < 1.29 is 0 Å². The molecule has 0 radical (unpaired) electrons. The number of nitriles is 1. The number of nitrogens with one attached hydrogen (secondary N) is 1. The van der Waals surface area contributed by atoms with Gasteiger partial charge in [0.05, 0.1) is 0 Å². The van der Waals surface area contributed by atoms with Crippen molar-refractivity contribution in [3.63, 3.8) is 0 Å². The fourth-order valence-corrected chi connectivity index (χ4v) is 1.69. The molecule has 1 unspecified atom stereocenters. The standard InChI is InChI=1S/C9H17N3/c1-9(11-8-10)7-12-5-3-2-4-6-12/h9,11H,2-7H2,1H3. The van der Waals surface area contributed by atoms with Crippen LogP contribution in [0.1, 0.15) is 26.2 Å². The number of piperidine rings is 1. The summed E-state index contributed by atoms with van der Waals surface area (Å²) in [7, 11) is 0. The average Bonchev–Trinajstić information content (AvgIpc) is 2.06. The van der Waals surface area contributed by atoms with Crippen molar-refractivity contribution in [3.8, 4) is 6.19 Å². The Hall–Kier alpha value is -0.750. The highest BCUT2D eigenvalue weighted by molar-refractivity contribution is 4.76. The van der Waals surface area contributed by atoms with Crippen LogP contribution in [0.3, 0.4) is 0 Å². The fraction of sp³-hybridized carbons (Fsp3) is 0.889. The van der Waals surface area contributed by atoms with Gasteiger partial charge in [0.2, 0.25) is 0 Å². The first-order valence-electron chi connectivity index (χ1n) is 4.70. The van der Waals surface area contributed by atoms with E-state index < -0.39 is 0 Å². The van der Waals surface area contributed by atoms with Crippen molar-refractivity contribution in [3.05, 3.63) is 0 Å². The van der Waals surface area contributed by atoms with Gasteiger partial charge in [0, 0.05) is 12.6 Å². The first-order valence-corrected chi connectivity index (χ1v) is 4.70. The predicted octanol–water partition coefficient (Wildman–Crippen LogP) is 0.931. The molecule has 0 saturated carbocycles. The van der Waals surface area contributed by atoms with Crippen LogP contribution in [-0.4, -0.2) is 30.6 Å². The van der Waals surface area contributed by atoms with Crippen LogP contribution in [0.4, 0.5) is 0 Å². The summed E-state index contributed by atoms with van der Waals surface area (Å²) in [6.45, 7) is 5.47. The minimum Gasteiger partial charge on any atom is -0.320 e. The Kier molecular flexibility index (Phi) is 3.89. The molecular formula is C9H17N3. The molecule has 1 fully saturated rings. The molecule has 1 rings (SSSR count). The molecule has 1 saturated heterocycles. The van der Waals surface area contributed by atoms with E-state index in [2.05, 4.69) is 17.1 Å². The Labute approximate surface area is 74.4 Å². The Balaban J connectivity index is 2.16. The van der Waals surface area contributed by atoms with Crippen LogP contribution < -0.4 is 5.32 Å². The van der Waals surface area contributed by atoms with Gasteiger partial charge < -0.3 is 10.2 Å². The second-order valence-corrected chi connectivity index (χ2v) is 3.52. The van der Waals surface area contributed by atoms with E-state index in [4.69, 9.17) is 5.26 Å². The van der Waals surface area contributed by atoms with E-state index in [0.717, 1.165) is 6.54 Å². The lowest BCUT2D eigenvalue weighted by atomic mass is 10.1. The molecule has 68 valence electrons. The predicted molar refractivity (Wildman–Crippen MR) is 48.5 cm³/mol. The highest BCUT2D eigenvalue weighted by Gasteiger charge is 2.12. The summed E-state index contributed by atoms with van der Waals surface area (Å²) in [6, 6.07) is 0.299. The van der Waals surface area contributed by atoms with Crippen LogP contribution >= 0.6 is 0 Å². The molecule has 0 aromatic heterocycles. The van der Waals surface area contributed by atoms with E-state index in [0.29, 0.717) is 6.04 Å². The van der Waals surface area contributed by atoms with Crippen LogP contribution in [0, 0.1) is 11.5 Å². The smallest absolute Gasteiger partial charge is 0.176 e. The average molecular weight is 167 g/mol. The van der Waals surface area contributed by atoms with Gasteiger partial charge in [-0.1, -0.05) is 6.42 Å². The summed E-state index contributed by atoms with van der Waals surface area (Å²) < 4.78 is 0. The van der Waals surface area contributed by atoms with Gasteiger partial charge in [-0.05, 0) is 32.9 Å². The number of hydrogen-bond acceptors (Lipinski definition) is 3. The van der Waals surface area contributed by atoms with Gasteiger partial charge >= 0.3 is 0 Å². The van der Waals surface area contributed by atoms with Crippen LogP contribution in [0.2, 0.25) is 0 Å². The zero-order valence-electron chi connectivity index (χ0n) is 7.71. The van der Waals surface area contributed by atoms with Crippen molar-refractivity contribution in [1.29, 1.82) is 5.26 Å². The summed E-state index contributed by atoms with van der Waals surface area (Å²) in [4.78, 5) is 2.43. The third-order valence-corrected chi connectivity index (χ3v) is 2.29. The van der Waals surface area contributed by atoms with E-state index in [1.165, 1.54) is 32.4 Å². The van der Waals surface area contributed by atoms with Gasteiger partial charge in [-0.15, -0.1) is 0 Å². The lowest BCUT2D eigenvalue weighted by Crippen LogP contribution is -2.39. The number of rotatable bonds is 3. The lowest BCUT2D eigenvalue weighted by molar-refractivity contribution is 0.214. The molecular weight excluding hydrogens is 150 g/mol. The van der Waals surface area contributed by atoms with E-state index in [-0.39, 0.29) is 0 Å². The fourth-order valence-electron chi connectivity index (χ4n) is 1.69. The maximum Gasteiger partial charge on any atom is 0.176 e. The normalized spacial score (nSPS) is 21.3. The number of nitrogens with zero attached hydrogens (tertiary/aromatic N) is 2. The van der Waals surface area contributed by atoms with Crippen molar-refractivity contribution in [2.24, 2.45) is 0 Å². The zero-order chi connectivity index (χ0) is 8.81. The molecule has 0 aromatic carbocycles. The van der Waals surface area contributed by atoms with Crippen molar-refractivity contribution in [2.75, 3.05) is 19.6 Å². The number of hydrogen-bond donors (Lipinski definition) is 1. The Morgan fingerprint density at radius 1 is 1.42 bits per heavy atom. The Bertz CT molecular complexity index is 156. The molecule has 1 aliphatic heterocycles. The second-order valence-electron chi connectivity index (χ2n) is 3.52. The SMILES string of the molecule is CC(CN1CCCCC1)NC#N. The van der Waals surface area contributed by atoms with Gasteiger partial charge in [-0.2, -0.15) is 5.26 Å². The minimum atomic E-state index is 0.299. The maximum absolute atomic E-state index is 8.39. The van der Waals surface area contributed by atoms with Crippen LogP contribution in [-0.2, 0) is 0 Å². The van der Waals surface area contributed by atoms with E-state index in [1.807, 2.05) is 6.19 Å². The monoisotopic (exact) mass is 167 g/mol. The topological polar surface area (TPSA) is 39.1 Å². The molecule has 0 aliphatic carbocycles. The molecule has 1 atom stereocenters. The summed E-state index contributed by atoms with van der Waals surface area (Å²) >= 11 is 0. The molecule has 0 aromatic rings. The quantitative estimate of drug-likeness (QED) is 0.502. The van der Waals surface area contributed by atoms with Crippen molar-refractivity contribution >= 4 is 0 Å². The zero-order valence-corrected chi connectivity index (χ0v) is 7.71. The maximum atomic E-state index is 8.39. The largest absolute Gasteiger partial charge is 0.320 e. The first kappa shape index (κ1) is 9.34. The Morgan fingerprint density at radius 3 is 2.67 bits per heavy atom. The molecule has 3 nitrogen and oxygen atoms in total. The van der Waals surface area contributed by atoms with Gasteiger partial charge in [-0.3, -0.25) is 0 Å². The summed E-state index contributed by atoms with van der Waals surface area (Å²) in [6.07, 6.45) is 5.99. The highest BCUT2D eigenvalue weighted by atomic mass is 15.1. The minimum absolute atomic E-state index is 0.299. The molecule has 1 aliphatic rings. The molecule has 1 heterocycles. The van der Waals surface area contributed by atoms with Gasteiger partial charge in [0.15, 0.2) is 6.19 Å². The molecule has 12 heavy (non-hydrogen) atoms. The van der Waals surface area contributed by atoms with Crippen molar-refractivity contribution in [1.82, 2.24) is 10.2 Å². The van der Waals surface area contributed by atoms with Crippen LogP contribution in [0.25, 0.3) is 0 Å². The van der Waals surface area contributed by atoms with E-state index in [1.54, 1.807) is 0 Å². The third kappa shape index (κ3) is 3.10. The number of likely N-dealkylation sites (tertiary alicyclic amines) is 1. The van der Waals surface area contributed by atoms with Crippen LogP contribution in [0.5, 0.6) is 0 Å². The summed E-state index contributed by atoms with van der Waals surface area (Å²) in [5.41, 5.74) is 0. The first-order chi connectivity index (χ1) is 5.83. The molecule has 3 heteroatoms. The highest BCUT2D eigenvalue weighted by Crippen LogP contribution is 2.08. The molecule has 0 spiro atoms. The lowest BCUT2D eigenvalue weighted by Gasteiger charge is -2.28.